The van der Waals surface area contributed by atoms with E-state index in [1.807, 2.05) is 0 Å². The fraction of sp³-hybridized carbons (Fsp3) is 0.462. The third-order valence-electron chi connectivity index (χ3n) is 3.03. The predicted octanol–water partition coefficient (Wildman–Crippen LogP) is 0.351. The summed E-state index contributed by atoms with van der Waals surface area (Å²) in [6.07, 6.45) is 0. The number of nitrogen functional groups attached to an aromatic ring is 1. The number of aliphatic hydroxyl groups excluding tert-OH is 1. The molecular formula is C13H20N2O5S. The molecule has 0 amide bonds. The molecule has 0 spiro atoms. The minimum atomic E-state index is -3.88. The molecule has 0 radical (unpaired) electrons. The number of sulfonamides is 1. The third-order valence-corrected chi connectivity index (χ3v) is 4.59. The van der Waals surface area contributed by atoms with Crippen molar-refractivity contribution in [2.45, 2.75) is 24.8 Å². The number of hydrogen-bond acceptors (Lipinski definition) is 6. The molecule has 0 heterocycles. The van der Waals surface area contributed by atoms with Gasteiger partial charge in [0.05, 0.1) is 25.0 Å². The van der Waals surface area contributed by atoms with Crippen molar-refractivity contribution in [3.8, 4) is 0 Å². The number of anilines is 1. The van der Waals surface area contributed by atoms with Crippen LogP contribution in [0.25, 0.3) is 0 Å². The fourth-order valence-corrected chi connectivity index (χ4v) is 3.17. The van der Waals surface area contributed by atoms with Gasteiger partial charge in [0.15, 0.2) is 0 Å². The summed E-state index contributed by atoms with van der Waals surface area (Å²) in [6.45, 7) is 3.25. The lowest BCUT2D eigenvalue weighted by Crippen LogP contribution is -2.41. The summed E-state index contributed by atoms with van der Waals surface area (Å²) >= 11 is 0. The van der Waals surface area contributed by atoms with Gasteiger partial charge >= 0.3 is 5.97 Å². The molecule has 1 aromatic rings. The number of nitrogens with two attached hydrogens (primary N) is 1. The van der Waals surface area contributed by atoms with Gasteiger partial charge in [0.2, 0.25) is 10.0 Å². The summed E-state index contributed by atoms with van der Waals surface area (Å²) in [4.78, 5) is 11.2. The molecule has 0 aliphatic rings. The summed E-state index contributed by atoms with van der Waals surface area (Å²) < 4.78 is 31.4. The molecule has 7 nitrogen and oxygen atoms in total. The highest BCUT2D eigenvalue weighted by Gasteiger charge is 2.24. The minimum absolute atomic E-state index is 0.0640. The first kappa shape index (κ1) is 17.4. The Bertz CT molecular complexity index is 613. The molecule has 0 unspecified atom stereocenters. The van der Waals surface area contributed by atoms with Crippen LogP contribution in [0.1, 0.15) is 24.2 Å². The normalized spacial score (nSPS) is 13.2. The van der Waals surface area contributed by atoms with E-state index in [2.05, 4.69) is 9.46 Å². The molecule has 8 heteroatoms. The van der Waals surface area contributed by atoms with Crippen LogP contribution in [-0.2, 0) is 14.8 Å². The molecule has 0 bridgehead atoms. The zero-order valence-corrected chi connectivity index (χ0v) is 13.0. The van der Waals surface area contributed by atoms with Gasteiger partial charge in [0.25, 0.3) is 0 Å². The van der Waals surface area contributed by atoms with E-state index in [0.29, 0.717) is 0 Å². The molecule has 21 heavy (non-hydrogen) atoms. The van der Waals surface area contributed by atoms with Crippen molar-refractivity contribution in [1.82, 2.24) is 4.72 Å². The summed E-state index contributed by atoms with van der Waals surface area (Å²) in [7, 11) is -2.66. The summed E-state index contributed by atoms with van der Waals surface area (Å²) in [5.41, 5.74) is 5.80. The summed E-state index contributed by atoms with van der Waals surface area (Å²) in [6, 6.07) is 3.18. The van der Waals surface area contributed by atoms with Gasteiger partial charge in [-0.05, 0) is 24.1 Å². The van der Waals surface area contributed by atoms with Crippen molar-refractivity contribution < 1.29 is 23.1 Å². The summed E-state index contributed by atoms with van der Waals surface area (Å²) in [5, 5.41) is 9.21. The molecular weight excluding hydrogens is 296 g/mol. The topological polar surface area (TPSA) is 119 Å². The van der Waals surface area contributed by atoms with Crippen LogP contribution in [0.5, 0.6) is 0 Å². The van der Waals surface area contributed by atoms with Gasteiger partial charge in [0, 0.05) is 6.04 Å². The lowest BCUT2D eigenvalue weighted by Gasteiger charge is -2.20. The molecule has 118 valence electrons. The van der Waals surface area contributed by atoms with Gasteiger partial charge in [-0.2, -0.15) is 0 Å². The Kier molecular flexibility index (Phi) is 5.70. The van der Waals surface area contributed by atoms with Crippen molar-refractivity contribution in [3.63, 3.8) is 0 Å². The van der Waals surface area contributed by atoms with Gasteiger partial charge in [-0.15, -0.1) is 0 Å². The molecule has 0 aliphatic carbocycles. The smallest absolute Gasteiger partial charge is 0.337 e. The van der Waals surface area contributed by atoms with Crippen LogP contribution in [-0.4, -0.2) is 39.3 Å². The Morgan fingerprint density at radius 3 is 2.48 bits per heavy atom. The Hall–Kier alpha value is -1.64. The van der Waals surface area contributed by atoms with E-state index in [4.69, 9.17) is 5.73 Å². The molecule has 1 aromatic carbocycles. The van der Waals surface area contributed by atoms with Crippen LogP contribution in [0.3, 0.4) is 0 Å². The number of rotatable bonds is 6. The molecule has 0 saturated heterocycles. The Labute approximate surface area is 124 Å². The molecule has 0 aliphatic heterocycles. The van der Waals surface area contributed by atoms with Crippen LogP contribution in [0.2, 0.25) is 0 Å². The van der Waals surface area contributed by atoms with Crippen LogP contribution in [0, 0.1) is 5.92 Å². The van der Waals surface area contributed by atoms with Gasteiger partial charge in [-0.3, -0.25) is 0 Å². The number of aliphatic hydroxyl groups is 1. The Morgan fingerprint density at radius 1 is 1.43 bits per heavy atom. The SMILES string of the molecule is COC(=O)c1ccc(S(=O)(=O)N[C@H](CO)C(C)C)c(N)c1. The average molecular weight is 316 g/mol. The van der Waals surface area contributed by atoms with E-state index < -0.39 is 22.0 Å². The summed E-state index contributed by atoms with van der Waals surface area (Å²) in [5.74, 6) is -0.686. The molecule has 0 saturated carbocycles. The minimum Gasteiger partial charge on any atom is -0.465 e. The highest BCUT2D eigenvalue weighted by molar-refractivity contribution is 7.89. The largest absolute Gasteiger partial charge is 0.465 e. The van der Waals surface area contributed by atoms with E-state index in [9.17, 15) is 18.3 Å². The number of carbonyl (C=O) groups is 1. The lowest BCUT2D eigenvalue weighted by molar-refractivity contribution is 0.0600. The first-order valence-corrected chi connectivity index (χ1v) is 7.82. The average Bonchev–Trinajstić information content (AvgIpc) is 2.43. The van der Waals surface area contributed by atoms with E-state index in [1.165, 1.54) is 25.3 Å². The van der Waals surface area contributed by atoms with Crippen LogP contribution in [0.15, 0.2) is 23.1 Å². The predicted molar refractivity (Wildman–Crippen MR) is 78.2 cm³/mol. The van der Waals surface area contributed by atoms with Crippen molar-refractivity contribution in [2.75, 3.05) is 19.5 Å². The van der Waals surface area contributed by atoms with Gasteiger partial charge in [0.1, 0.15) is 4.90 Å². The van der Waals surface area contributed by atoms with Crippen LogP contribution in [0.4, 0.5) is 5.69 Å². The third kappa shape index (κ3) is 4.16. The number of hydrogen-bond donors (Lipinski definition) is 3. The van der Waals surface area contributed by atoms with Crippen LogP contribution < -0.4 is 10.5 Å². The van der Waals surface area contributed by atoms with E-state index >= 15 is 0 Å². The Morgan fingerprint density at radius 2 is 2.05 bits per heavy atom. The number of methoxy groups -OCH3 is 1. The van der Waals surface area contributed by atoms with Crippen molar-refractivity contribution in [3.05, 3.63) is 23.8 Å². The standard InChI is InChI=1S/C13H20N2O5S/c1-8(2)11(7-16)15-21(18,19)12-5-4-9(6-10(12)14)13(17)20-3/h4-6,8,11,15-16H,7,14H2,1-3H3/t11-/m1/s1. The first-order valence-electron chi connectivity index (χ1n) is 6.34. The maximum atomic E-state index is 12.3. The number of nitrogens with one attached hydrogen (secondary N) is 1. The van der Waals surface area contributed by atoms with E-state index in [0.717, 1.165) is 0 Å². The van der Waals surface area contributed by atoms with Crippen molar-refractivity contribution in [2.24, 2.45) is 5.92 Å². The highest BCUT2D eigenvalue weighted by atomic mass is 32.2. The second kappa shape index (κ2) is 6.88. The van der Waals surface area contributed by atoms with Gasteiger partial charge in [-0.1, -0.05) is 13.8 Å². The zero-order chi connectivity index (χ0) is 16.2. The quantitative estimate of drug-likeness (QED) is 0.515. The number of ether oxygens (including phenoxy) is 1. The van der Waals surface area contributed by atoms with Gasteiger partial charge in [-0.25, -0.2) is 17.9 Å². The molecule has 1 rings (SSSR count). The van der Waals surface area contributed by atoms with Gasteiger partial charge < -0.3 is 15.6 Å². The van der Waals surface area contributed by atoms with Crippen molar-refractivity contribution in [1.29, 1.82) is 0 Å². The fourth-order valence-electron chi connectivity index (χ4n) is 1.68. The zero-order valence-electron chi connectivity index (χ0n) is 12.2. The monoisotopic (exact) mass is 316 g/mol. The van der Waals surface area contributed by atoms with Crippen LogP contribution >= 0.6 is 0 Å². The van der Waals surface area contributed by atoms with E-state index in [1.54, 1.807) is 13.8 Å². The number of carbonyl (C=O) groups excluding carboxylic acids is 1. The molecule has 0 aromatic heterocycles. The maximum Gasteiger partial charge on any atom is 0.337 e. The first-order chi connectivity index (χ1) is 9.72. The lowest BCUT2D eigenvalue weighted by atomic mass is 10.1. The highest BCUT2D eigenvalue weighted by Crippen LogP contribution is 2.21. The van der Waals surface area contributed by atoms with E-state index in [-0.39, 0.29) is 28.7 Å². The second-order valence-electron chi connectivity index (χ2n) is 4.90. The Balaban J connectivity index is 3.12. The number of esters is 1. The molecule has 0 fully saturated rings. The number of benzene rings is 1. The molecule has 1 atom stereocenters. The second-order valence-corrected chi connectivity index (χ2v) is 6.58. The van der Waals surface area contributed by atoms with Crippen molar-refractivity contribution >= 4 is 21.7 Å². The maximum absolute atomic E-state index is 12.3. The molecule has 4 N–H and O–H groups in total.